The molecule has 1 atom stereocenters. The lowest BCUT2D eigenvalue weighted by molar-refractivity contribution is -0.545. The molecule has 1 aliphatic carbocycles. The van der Waals surface area contributed by atoms with Crippen LogP contribution in [-0.2, 0) is 4.79 Å². The van der Waals surface area contributed by atoms with Crippen LogP contribution in [0, 0.1) is 5.92 Å². The Bertz CT molecular complexity index is 289. The van der Waals surface area contributed by atoms with E-state index in [0.717, 1.165) is 18.6 Å². The van der Waals surface area contributed by atoms with Gasteiger partial charge in [-0.2, -0.15) is 0 Å². The second-order valence-corrected chi connectivity index (χ2v) is 3.30. The molecule has 2 rings (SSSR count). The maximum Gasteiger partial charge on any atom is 0.322 e. The van der Waals surface area contributed by atoms with Gasteiger partial charge in [-0.3, -0.25) is 4.79 Å². The highest BCUT2D eigenvalue weighted by molar-refractivity contribution is 6.12. The monoisotopic (exact) mass is 167 g/mol. The lowest BCUT2D eigenvalue weighted by Crippen LogP contribution is -2.24. The van der Waals surface area contributed by atoms with Crippen molar-refractivity contribution in [2.45, 2.75) is 25.8 Å². The lowest BCUT2D eigenvalue weighted by atomic mass is 10.1. The summed E-state index contributed by atoms with van der Waals surface area (Å²) in [6, 6.07) is 0.477. The van der Waals surface area contributed by atoms with Gasteiger partial charge in [-0.15, -0.1) is 0 Å². The molecule has 12 heavy (non-hydrogen) atoms. The third-order valence-corrected chi connectivity index (χ3v) is 2.31. The molecule has 2 aliphatic rings. The molecule has 4 nitrogen and oxygen atoms in total. The maximum absolute atomic E-state index is 10.7. The van der Waals surface area contributed by atoms with Crippen LogP contribution < -0.4 is 0 Å². The Balaban J connectivity index is 2.24. The molecule has 1 fully saturated rings. The second-order valence-electron chi connectivity index (χ2n) is 3.30. The summed E-state index contributed by atoms with van der Waals surface area (Å²) in [4.78, 5) is 10.7. The highest BCUT2D eigenvalue weighted by Crippen LogP contribution is 2.26. The topological polar surface area (TPSA) is 52.7 Å². The van der Waals surface area contributed by atoms with E-state index in [-0.39, 0.29) is 0 Å². The molecule has 0 spiro atoms. The molecule has 0 bridgehead atoms. The van der Waals surface area contributed by atoms with Crippen LogP contribution in [0.15, 0.2) is 5.10 Å². The van der Waals surface area contributed by atoms with Crippen LogP contribution in [-0.4, -0.2) is 33.7 Å². The number of hydrogen-bond acceptors (Lipinski definition) is 2. The summed E-state index contributed by atoms with van der Waals surface area (Å²) in [5.41, 5.74) is 0.852. The summed E-state index contributed by atoms with van der Waals surface area (Å²) in [6.07, 6.45) is 3.79. The van der Waals surface area contributed by atoms with E-state index in [0.29, 0.717) is 6.04 Å². The molecule has 4 heteroatoms. The summed E-state index contributed by atoms with van der Waals surface area (Å²) in [6.45, 7) is 1.84. The summed E-state index contributed by atoms with van der Waals surface area (Å²) >= 11 is 0. The third-order valence-electron chi connectivity index (χ3n) is 2.31. The molecule has 0 aromatic heterocycles. The van der Waals surface area contributed by atoms with E-state index in [4.69, 9.17) is 5.11 Å². The second kappa shape index (κ2) is 2.40. The van der Waals surface area contributed by atoms with Crippen molar-refractivity contribution in [1.82, 2.24) is 0 Å². The highest BCUT2D eigenvalue weighted by Gasteiger charge is 2.42. The number of hydrazone groups is 1. The maximum atomic E-state index is 10.7. The number of aliphatic carboxylic acids is 1. The van der Waals surface area contributed by atoms with Gasteiger partial charge < -0.3 is 5.11 Å². The van der Waals surface area contributed by atoms with Gasteiger partial charge in [0.05, 0.1) is 6.21 Å². The molecule has 64 valence electrons. The number of carboxylic acids is 1. The van der Waals surface area contributed by atoms with Gasteiger partial charge in [-0.05, 0) is 5.10 Å². The molecule has 1 saturated carbocycles. The van der Waals surface area contributed by atoms with E-state index in [1.54, 1.807) is 0 Å². The van der Waals surface area contributed by atoms with Crippen LogP contribution in [0.2, 0.25) is 0 Å². The summed E-state index contributed by atoms with van der Waals surface area (Å²) < 4.78 is 1.85. The molecule has 1 heterocycles. The largest absolute Gasteiger partial charge is 0.480 e. The molecule has 0 aromatic carbocycles. The van der Waals surface area contributed by atoms with E-state index in [2.05, 4.69) is 5.10 Å². The van der Waals surface area contributed by atoms with Crippen molar-refractivity contribution in [1.29, 1.82) is 0 Å². The van der Waals surface area contributed by atoms with Crippen molar-refractivity contribution >= 4 is 17.9 Å². The van der Waals surface area contributed by atoms with Gasteiger partial charge in [-0.1, -0.05) is 4.68 Å². The van der Waals surface area contributed by atoms with Crippen molar-refractivity contribution in [3.63, 3.8) is 0 Å². The van der Waals surface area contributed by atoms with E-state index < -0.39 is 11.9 Å². The zero-order valence-electron chi connectivity index (χ0n) is 6.90. The quantitative estimate of drug-likeness (QED) is 0.602. The zero-order chi connectivity index (χ0) is 8.72. The van der Waals surface area contributed by atoms with Gasteiger partial charge >= 0.3 is 5.97 Å². The van der Waals surface area contributed by atoms with Crippen molar-refractivity contribution in [2.24, 2.45) is 11.0 Å². The minimum Gasteiger partial charge on any atom is -0.480 e. The minimum atomic E-state index is -0.806. The molecule has 1 aliphatic heterocycles. The molecule has 0 radical (unpaired) electrons. The average molecular weight is 167 g/mol. The fourth-order valence-electron chi connectivity index (χ4n) is 1.42. The Kier molecular flexibility index (Phi) is 1.49. The predicted octanol–water partition coefficient (Wildman–Crippen LogP) is 0.322. The number of nitrogens with zero attached hydrogens (tertiary/aromatic N) is 2. The first-order valence-corrected chi connectivity index (χ1v) is 4.09. The van der Waals surface area contributed by atoms with Gasteiger partial charge in [0, 0.05) is 19.8 Å². The Morgan fingerprint density at radius 1 is 1.75 bits per heavy atom. The van der Waals surface area contributed by atoms with Gasteiger partial charge in [0.1, 0.15) is 0 Å². The molecular weight excluding hydrogens is 156 g/mol. The van der Waals surface area contributed by atoms with Crippen LogP contribution in [0.25, 0.3) is 0 Å². The van der Waals surface area contributed by atoms with Crippen LogP contribution in [0.3, 0.4) is 0 Å². The normalized spacial score (nSPS) is 28.2. The van der Waals surface area contributed by atoms with Crippen LogP contribution in [0.5, 0.6) is 0 Å². The molecule has 0 saturated heterocycles. The first-order valence-electron chi connectivity index (χ1n) is 4.09. The van der Waals surface area contributed by atoms with Gasteiger partial charge in [0.15, 0.2) is 12.0 Å². The van der Waals surface area contributed by atoms with Crippen molar-refractivity contribution in [2.75, 3.05) is 0 Å². The highest BCUT2D eigenvalue weighted by atomic mass is 16.4. The van der Waals surface area contributed by atoms with Gasteiger partial charge in [0.25, 0.3) is 0 Å². The zero-order valence-corrected chi connectivity index (χ0v) is 6.90. The summed E-state index contributed by atoms with van der Waals surface area (Å²) in [5, 5.41) is 12.8. The molecule has 1 N–H and O–H groups in total. The number of hydrogen-bond donors (Lipinski definition) is 1. The predicted molar refractivity (Wildman–Crippen MR) is 43.6 cm³/mol. The minimum absolute atomic E-state index is 0.477. The first-order chi connectivity index (χ1) is 5.70. The van der Waals surface area contributed by atoms with Crippen LogP contribution in [0.4, 0.5) is 0 Å². The van der Waals surface area contributed by atoms with Crippen molar-refractivity contribution < 1.29 is 14.6 Å². The Hall–Kier alpha value is -1.19. The molecule has 0 aromatic rings. The first kappa shape index (κ1) is 7.46. The fraction of sp³-hybridized carbons (Fsp3) is 0.625. The lowest BCUT2D eigenvalue weighted by Gasteiger charge is -1.95. The van der Waals surface area contributed by atoms with Gasteiger partial charge in [-0.25, -0.2) is 0 Å². The van der Waals surface area contributed by atoms with E-state index in [9.17, 15) is 4.79 Å². The smallest absolute Gasteiger partial charge is 0.322 e. The Labute approximate surface area is 70.2 Å². The van der Waals surface area contributed by atoms with E-state index >= 15 is 0 Å². The number of rotatable bonds is 2. The SMILES string of the molecule is CC1=[N+](C2CC2)N=CC1C(=O)O. The molecular formula is C8H11N2O2+. The third kappa shape index (κ3) is 1.03. The average Bonchev–Trinajstić information content (AvgIpc) is 2.75. The summed E-state index contributed by atoms with van der Waals surface area (Å²) in [7, 11) is 0. The summed E-state index contributed by atoms with van der Waals surface area (Å²) in [5.74, 6) is -1.30. The van der Waals surface area contributed by atoms with E-state index in [1.807, 2.05) is 11.6 Å². The van der Waals surface area contributed by atoms with Crippen molar-refractivity contribution in [3.8, 4) is 0 Å². The van der Waals surface area contributed by atoms with Gasteiger partial charge in [0.2, 0.25) is 5.71 Å². The van der Waals surface area contributed by atoms with Crippen LogP contribution >= 0.6 is 0 Å². The number of carbonyl (C=O) groups is 1. The fourth-order valence-corrected chi connectivity index (χ4v) is 1.42. The standard InChI is InChI=1S/C8H10N2O2/c1-5-7(8(11)12)4-9-10(5)6-2-3-6/h4,6-7H,2-3H2,1H3/p+1. The van der Waals surface area contributed by atoms with E-state index in [1.165, 1.54) is 6.21 Å². The number of carboxylic acid groups (broad SMARTS) is 1. The Morgan fingerprint density at radius 3 is 2.83 bits per heavy atom. The van der Waals surface area contributed by atoms with Crippen LogP contribution in [0.1, 0.15) is 19.8 Å². The molecule has 1 unspecified atom stereocenters. The molecule has 0 amide bonds. The Morgan fingerprint density at radius 2 is 2.42 bits per heavy atom. The van der Waals surface area contributed by atoms with Crippen molar-refractivity contribution in [3.05, 3.63) is 0 Å².